The average molecular weight is 390 g/mol. The first-order valence-corrected chi connectivity index (χ1v) is 8.49. The lowest BCUT2D eigenvalue weighted by atomic mass is 10.2. The SMILES string of the molecule is COc1cc(N(CC(=O)NCc2ccccc2F)C(C)=O)cc(OC)c1OC. The molecule has 0 unspecified atom stereocenters. The van der Waals surface area contributed by atoms with Crippen LogP contribution < -0.4 is 24.4 Å². The maximum Gasteiger partial charge on any atom is 0.240 e. The topological polar surface area (TPSA) is 77.1 Å². The largest absolute Gasteiger partial charge is 0.493 e. The Kier molecular flexibility index (Phi) is 7.20. The van der Waals surface area contributed by atoms with Crippen molar-refractivity contribution in [1.29, 1.82) is 0 Å². The summed E-state index contributed by atoms with van der Waals surface area (Å²) in [5.41, 5.74) is 0.765. The molecule has 0 atom stereocenters. The van der Waals surface area contributed by atoms with Gasteiger partial charge in [0.25, 0.3) is 0 Å². The van der Waals surface area contributed by atoms with Crippen LogP contribution in [0, 0.1) is 5.82 Å². The highest BCUT2D eigenvalue weighted by Gasteiger charge is 2.21. The van der Waals surface area contributed by atoms with Crippen LogP contribution in [0.2, 0.25) is 0 Å². The third-order valence-corrected chi connectivity index (χ3v) is 4.08. The molecule has 8 heteroatoms. The van der Waals surface area contributed by atoms with E-state index in [9.17, 15) is 14.0 Å². The van der Waals surface area contributed by atoms with Gasteiger partial charge in [0, 0.05) is 31.2 Å². The summed E-state index contributed by atoms with van der Waals surface area (Å²) in [6.45, 7) is 1.11. The van der Waals surface area contributed by atoms with Crippen LogP contribution in [-0.2, 0) is 16.1 Å². The molecule has 7 nitrogen and oxygen atoms in total. The van der Waals surface area contributed by atoms with Crippen LogP contribution in [0.3, 0.4) is 0 Å². The minimum Gasteiger partial charge on any atom is -0.493 e. The van der Waals surface area contributed by atoms with Crippen molar-refractivity contribution in [3.8, 4) is 17.2 Å². The van der Waals surface area contributed by atoms with Gasteiger partial charge >= 0.3 is 0 Å². The van der Waals surface area contributed by atoms with Gasteiger partial charge in [-0.05, 0) is 6.07 Å². The van der Waals surface area contributed by atoms with Crippen molar-refractivity contribution in [2.24, 2.45) is 0 Å². The molecule has 0 saturated carbocycles. The Labute approximate surface area is 163 Å². The molecule has 0 aliphatic carbocycles. The molecule has 2 rings (SSSR count). The average Bonchev–Trinajstić information content (AvgIpc) is 2.69. The van der Waals surface area contributed by atoms with E-state index >= 15 is 0 Å². The number of methoxy groups -OCH3 is 3. The lowest BCUT2D eigenvalue weighted by Crippen LogP contribution is -2.39. The summed E-state index contributed by atoms with van der Waals surface area (Å²) >= 11 is 0. The van der Waals surface area contributed by atoms with E-state index in [1.165, 1.54) is 39.2 Å². The number of carbonyl (C=O) groups is 2. The van der Waals surface area contributed by atoms with Gasteiger partial charge in [-0.1, -0.05) is 18.2 Å². The summed E-state index contributed by atoms with van der Waals surface area (Å²) in [4.78, 5) is 25.7. The van der Waals surface area contributed by atoms with E-state index in [2.05, 4.69) is 5.32 Å². The molecule has 2 amide bonds. The second-order valence-corrected chi connectivity index (χ2v) is 5.86. The molecule has 28 heavy (non-hydrogen) atoms. The summed E-state index contributed by atoms with van der Waals surface area (Å²) in [6.07, 6.45) is 0. The van der Waals surface area contributed by atoms with Crippen molar-refractivity contribution in [2.45, 2.75) is 13.5 Å². The quantitative estimate of drug-likeness (QED) is 0.750. The molecule has 0 aliphatic heterocycles. The molecule has 2 aromatic carbocycles. The molecule has 0 aliphatic rings. The van der Waals surface area contributed by atoms with Crippen molar-refractivity contribution in [3.63, 3.8) is 0 Å². The molecule has 150 valence electrons. The van der Waals surface area contributed by atoms with E-state index in [0.29, 0.717) is 28.5 Å². The predicted molar refractivity (Wildman–Crippen MR) is 102 cm³/mol. The van der Waals surface area contributed by atoms with E-state index in [1.807, 2.05) is 0 Å². The summed E-state index contributed by atoms with van der Waals surface area (Å²) in [5, 5.41) is 2.61. The molecule has 0 fully saturated rings. The minimum atomic E-state index is -0.438. The highest BCUT2D eigenvalue weighted by molar-refractivity contribution is 5.98. The molecular weight excluding hydrogens is 367 g/mol. The Morgan fingerprint density at radius 1 is 1.04 bits per heavy atom. The predicted octanol–water partition coefficient (Wildman–Crippen LogP) is 2.52. The van der Waals surface area contributed by atoms with Crippen molar-refractivity contribution in [2.75, 3.05) is 32.8 Å². The summed E-state index contributed by atoms with van der Waals surface area (Å²) in [7, 11) is 4.39. The Balaban J connectivity index is 2.20. The van der Waals surface area contributed by atoms with Crippen LogP contribution in [0.1, 0.15) is 12.5 Å². The highest BCUT2D eigenvalue weighted by Crippen LogP contribution is 2.41. The summed E-state index contributed by atoms with van der Waals surface area (Å²) < 4.78 is 29.5. The molecular formula is C20H23FN2O5. The molecule has 0 bridgehead atoms. The van der Waals surface area contributed by atoms with Crippen LogP contribution >= 0.6 is 0 Å². The molecule has 0 radical (unpaired) electrons. The maximum atomic E-state index is 13.7. The second-order valence-electron chi connectivity index (χ2n) is 5.86. The first-order chi connectivity index (χ1) is 13.4. The Morgan fingerprint density at radius 3 is 2.14 bits per heavy atom. The number of anilines is 1. The van der Waals surface area contributed by atoms with Crippen LogP contribution in [0.4, 0.5) is 10.1 Å². The zero-order chi connectivity index (χ0) is 20.7. The molecule has 0 saturated heterocycles. The van der Waals surface area contributed by atoms with Gasteiger partial charge in [-0.25, -0.2) is 4.39 Å². The number of carbonyl (C=O) groups excluding carboxylic acids is 2. The Bertz CT molecular complexity index is 831. The van der Waals surface area contributed by atoms with Gasteiger partial charge in [0.05, 0.1) is 27.0 Å². The number of ether oxygens (including phenoxy) is 3. The highest BCUT2D eigenvalue weighted by atomic mass is 19.1. The smallest absolute Gasteiger partial charge is 0.240 e. The molecule has 0 heterocycles. The maximum absolute atomic E-state index is 13.7. The van der Waals surface area contributed by atoms with Gasteiger partial charge in [0.1, 0.15) is 12.4 Å². The third-order valence-electron chi connectivity index (χ3n) is 4.08. The van der Waals surface area contributed by atoms with Gasteiger partial charge in [-0.2, -0.15) is 0 Å². The number of benzene rings is 2. The van der Waals surface area contributed by atoms with Crippen LogP contribution in [0.5, 0.6) is 17.2 Å². The zero-order valence-electron chi connectivity index (χ0n) is 16.2. The van der Waals surface area contributed by atoms with E-state index in [0.717, 1.165) is 0 Å². The fourth-order valence-corrected chi connectivity index (χ4v) is 2.64. The molecule has 2 aromatic rings. The van der Waals surface area contributed by atoms with Crippen LogP contribution in [-0.4, -0.2) is 39.7 Å². The van der Waals surface area contributed by atoms with Gasteiger partial charge in [-0.3, -0.25) is 9.59 Å². The fraction of sp³-hybridized carbons (Fsp3) is 0.300. The normalized spacial score (nSPS) is 10.2. The van der Waals surface area contributed by atoms with E-state index in [1.54, 1.807) is 30.3 Å². The fourth-order valence-electron chi connectivity index (χ4n) is 2.64. The third kappa shape index (κ3) is 4.91. The lowest BCUT2D eigenvalue weighted by molar-refractivity contribution is -0.123. The number of nitrogens with one attached hydrogen (secondary N) is 1. The standard InChI is InChI=1S/C20H23FN2O5/c1-13(24)23(12-19(25)22-11-14-7-5-6-8-16(14)21)15-9-17(26-2)20(28-4)18(10-15)27-3/h5-10H,11-12H2,1-4H3,(H,22,25). The van der Waals surface area contributed by atoms with Crippen molar-refractivity contribution in [3.05, 3.63) is 47.8 Å². The van der Waals surface area contributed by atoms with Crippen molar-refractivity contribution >= 4 is 17.5 Å². The molecule has 0 spiro atoms. The number of hydrogen-bond donors (Lipinski definition) is 1. The van der Waals surface area contributed by atoms with E-state index < -0.39 is 11.7 Å². The number of rotatable bonds is 8. The number of nitrogens with zero attached hydrogens (tertiary/aromatic N) is 1. The molecule has 1 N–H and O–H groups in total. The lowest BCUT2D eigenvalue weighted by Gasteiger charge is -2.23. The van der Waals surface area contributed by atoms with E-state index in [4.69, 9.17) is 14.2 Å². The summed E-state index contributed by atoms with van der Waals surface area (Å²) in [6, 6.07) is 9.31. The number of halogens is 1. The van der Waals surface area contributed by atoms with E-state index in [-0.39, 0.29) is 19.0 Å². The van der Waals surface area contributed by atoms with Crippen LogP contribution in [0.15, 0.2) is 36.4 Å². The molecule has 0 aromatic heterocycles. The van der Waals surface area contributed by atoms with Gasteiger partial charge < -0.3 is 24.4 Å². The number of amides is 2. The minimum absolute atomic E-state index is 0.0203. The summed E-state index contributed by atoms with van der Waals surface area (Å²) in [5.74, 6) is -0.107. The van der Waals surface area contributed by atoms with Crippen LogP contribution in [0.25, 0.3) is 0 Å². The van der Waals surface area contributed by atoms with Gasteiger partial charge in [0.15, 0.2) is 11.5 Å². The second kappa shape index (κ2) is 9.59. The first kappa shape index (κ1) is 21.0. The Morgan fingerprint density at radius 2 is 1.64 bits per heavy atom. The Hall–Kier alpha value is -3.29. The number of hydrogen-bond acceptors (Lipinski definition) is 5. The monoisotopic (exact) mass is 390 g/mol. The van der Waals surface area contributed by atoms with Crippen molar-refractivity contribution < 1.29 is 28.2 Å². The first-order valence-electron chi connectivity index (χ1n) is 8.49. The zero-order valence-corrected chi connectivity index (χ0v) is 16.2. The van der Waals surface area contributed by atoms with Gasteiger partial charge in [0.2, 0.25) is 17.6 Å². The van der Waals surface area contributed by atoms with Crippen molar-refractivity contribution in [1.82, 2.24) is 5.32 Å². The van der Waals surface area contributed by atoms with Gasteiger partial charge in [-0.15, -0.1) is 0 Å².